The molecule has 0 spiro atoms. The van der Waals surface area contributed by atoms with Crippen molar-refractivity contribution in [2.75, 3.05) is 11.9 Å². The number of anilines is 1. The van der Waals surface area contributed by atoms with Gasteiger partial charge in [0.15, 0.2) is 0 Å². The van der Waals surface area contributed by atoms with Crippen molar-refractivity contribution >= 4 is 17.6 Å². The van der Waals surface area contributed by atoms with E-state index < -0.39 is 11.9 Å². The molecule has 29 heavy (non-hydrogen) atoms. The first-order valence-corrected chi connectivity index (χ1v) is 9.41. The fourth-order valence-corrected chi connectivity index (χ4v) is 3.42. The summed E-state index contributed by atoms with van der Waals surface area (Å²) in [6.07, 6.45) is 0. The Kier molecular flexibility index (Phi) is 6.02. The van der Waals surface area contributed by atoms with E-state index in [0.717, 1.165) is 11.1 Å². The Morgan fingerprint density at radius 1 is 1.03 bits per heavy atom. The van der Waals surface area contributed by atoms with Crippen molar-refractivity contribution in [1.29, 1.82) is 0 Å². The van der Waals surface area contributed by atoms with E-state index in [9.17, 15) is 9.59 Å². The van der Waals surface area contributed by atoms with Crippen molar-refractivity contribution in [3.63, 3.8) is 0 Å². The average Bonchev–Trinajstić information content (AvgIpc) is 2.68. The maximum Gasteiger partial charge on any atom is 0.340 e. The molecule has 3 N–H and O–H groups in total. The zero-order valence-corrected chi connectivity index (χ0v) is 16.7. The predicted octanol–water partition coefficient (Wildman–Crippen LogP) is 3.75. The number of hydrogen-bond donors (Lipinski definition) is 2. The van der Waals surface area contributed by atoms with Gasteiger partial charge in [-0.3, -0.25) is 4.79 Å². The van der Waals surface area contributed by atoms with E-state index in [0.29, 0.717) is 17.0 Å². The van der Waals surface area contributed by atoms with Crippen LogP contribution in [0.2, 0.25) is 0 Å². The first kappa shape index (κ1) is 20.2. The largest absolute Gasteiger partial charge is 0.462 e. The molecule has 0 aliphatic carbocycles. The Balaban J connectivity index is 2.11. The van der Waals surface area contributed by atoms with Gasteiger partial charge < -0.3 is 20.5 Å². The van der Waals surface area contributed by atoms with Crippen LogP contribution in [0, 0.1) is 6.92 Å². The average molecular weight is 392 g/mol. The number of nitrogens with one attached hydrogen (secondary N) is 1. The highest BCUT2D eigenvalue weighted by atomic mass is 16.5. The number of carbonyl (C=O) groups is 2. The normalized spacial score (nSPS) is 16.3. The number of benzene rings is 2. The van der Waals surface area contributed by atoms with Crippen LogP contribution in [0.3, 0.4) is 0 Å². The van der Waals surface area contributed by atoms with Crippen LogP contribution >= 0.6 is 0 Å². The highest BCUT2D eigenvalue weighted by Gasteiger charge is 2.39. The molecule has 1 atom stereocenters. The van der Waals surface area contributed by atoms with Crippen LogP contribution in [0.15, 0.2) is 77.4 Å². The van der Waals surface area contributed by atoms with Crippen molar-refractivity contribution in [3.8, 4) is 0 Å². The van der Waals surface area contributed by atoms with Crippen LogP contribution in [-0.4, -0.2) is 18.5 Å². The van der Waals surface area contributed by atoms with Crippen molar-refractivity contribution in [2.45, 2.75) is 26.7 Å². The maximum absolute atomic E-state index is 13.2. The number of nitrogens with two attached hydrogens (primary N) is 1. The number of rotatable bonds is 5. The Labute approximate surface area is 170 Å². The topological polar surface area (TPSA) is 90.7 Å². The molecule has 1 aliphatic heterocycles. The number of allylic oxidation sites excluding steroid dienone is 1. The number of aryl methyl sites for hydroxylation is 1. The fourth-order valence-electron chi connectivity index (χ4n) is 3.42. The van der Waals surface area contributed by atoms with Crippen LogP contribution < -0.4 is 11.1 Å². The zero-order chi connectivity index (χ0) is 21.0. The zero-order valence-electron chi connectivity index (χ0n) is 16.7. The van der Waals surface area contributed by atoms with E-state index in [2.05, 4.69) is 5.32 Å². The summed E-state index contributed by atoms with van der Waals surface area (Å²) in [5.41, 5.74) is 8.89. The van der Waals surface area contributed by atoms with Gasteiger partial charge in [-0.05, 0) is 44.0 Å². The van der Waals surface area contributed by atoms with E-state index in [1.807, 2.05) is 49.4 Å². The molecule has 0 saturated heterocycles. The molecule has 150 valence electrons. The summed E-state index contributed by atoms with van der Waals surface area (Å²) in [5.74, 6) is -1.37. The summed E-state index contributed by atoms with van der Waals surface area (Å²) in [6, 6.07) is 16.7. The summed E-state index contributed by atoms with van der Waals surface area (Å²) in [4.78, 5) is 26.0. The Bertz CT molecular complexity index is 993. The van der Waals surface area contributed by atoms with Gasteiger partial charge in [-0.1, -0.05) is 42.5 Å². The molecular weight excluding hydrogens is 368 g/mol. The molecule has 0 unspecified atom stereocenters. The van der Waals surface area contributed by atoms with Gasteiger partial charge in [-0.2, -0.15) is 0 Å². The third kappa shape index (κ3) is 4.16. The Morgan fingerprint density at radius 2 is 1.69 bits per heavy atom. The van der Waals surface area contributed by atoms with E-state index in [4.69, 9.17) is 15.2 Å². The van der Waals surface area contributed by atoms with Gasteiger partial charge in [0.25, 0.3) is 5.91 Å². The minimum absolute atomic E-state index is 0.0505. The minimum Gasteiger partial charge on any atom is -0.462 e. The third-order valence-electron chi connectivity index (χ3n) is 4.76. The lowest BCUT2D eigenvalue weighted by molar-refractivity contribution is -0.139. The second-order valence-corrected chi connectivity index (χ2v) is 6.68. The third-order valence-corrected chi connectivity index (χ3v) is 4.76. The van der Waals surface area contributed by atoms with Crippen LogP contribution in [0.1, 0.15) is 30.9 Å². The molecule has 0 saturated carbocycles. The molecule has 0 radical (unpaired) electrons. The van der Waals surface area contributed by atoms with Gasteiger partial charge in [0.1, 0.15) is 11.3 Å². The van der Waals surface area contributed by atoms with Crippen LogP contribution in [-0.2, 0) is 19.1 Å². The molecule has 1 amide bonds. The molecule has 6 nitrogen and oxygen atoms in total. The smallest absolute Gasteiger partial charge is 0.340 e. The number of ether oxygens (including phenoxy) is 2. The number of hydrogen-bond acceptors (Lipinski definition) is 5. The highest BCUT2D eigenvalue weighted by Crippen LogP contribution is 2.41. The molecule has 1 heterocycles. The van der Waals surface area contributed by atoms with Crippen molar-refractivity contribution in [2.24, 2.45) is 5.73 Å². The summed E-state index contributed by atoms with van der Waals surface area (Å²) < 4.78 is 10.8. The maximum atomic E-state index is 13.2. The monoisotopic (exact) mass is 392 g/mol. The lowest BCUT2D eigenvalue weighted by Gasteiger charge is -2.30. The Hall–Kier alpha value is -3.54. The summed E-state index contributed by atoms with van der Waals surface area (Å²) in [7, 11) is 0. The number of para-hydroxylation sites is 1. The lowest BCUT2D eigenvalue weighted by Crippen LogP contribution is -2.32. The standard InChI is InChI=1S/C23H24N2O4/c1-4-28-23(27)20-19(17-13-9-8-10-14(17)2)18(15(3)29-21(20)24)22(26)25-16-11-6-5-7-12-16/h5-13,19H,4,24H2,1-3H3,(H,25,26)/t19-/m1/s1. The van der Waals surface area contributed by atoms with Crippen molar-refractivity contribution < 1.29 is 19.1 Å². The second-order valence-electron chi connectivity index (χ2n) is 6.68. The molecule has 0 aromatic heterocycles. The van der Waals surface area contributed by atoms with E-state index >= 15 is 0 Å². The molecule has 0 bridgehead atoms. The SMILES string of the molecule is CCOC(=O)C1=C(N)OC(C)=C(C(=O)Nc2ccccc2)[C@H]1c1ccccc1C. The van der Waals surface area contributed by atoms with Gasteiger partial charge in [-0.25, -0.2) is 4.79 Å². The van der Waals surface area contributed by atoms with E-state index in [1.165, 1.54) is 0 Å². The first-order valence-electron chi connectivity index (χ1n) is 9.41. The van der Waals surface area contributed by atoms with Gasteiger partial charge in [0, 0.05) is 5.69 Å². The van der Waals surface area contributed by atoms with Gasteiger partial charge >= 0.3 is 5.97 Å². The molecular formula is C23H24N2O4. The first-order chi connectivity index (χ1) is 13.9. The quantitative estimate of drug-likeness (QED) is 0.756. The van der Waals surface area contributed by atoms with Crippen LogP contribution in [0.25, 0.3) is 0 Å². The van der Waals surface area contributed by atoms with Gasteiger partial charge in [0.2, 0.25) is 5.88 Å². The van der Waals surface area contributed by atoms with Gasteiger partial charge in [0.05, 0.1) is 18.1 Å². The molecule has 0 fully saturated rings. The highest BCUT2D eigenvalue weighted by molar-refractivity contribution is 6.08. The van der Waals surface area contributed by atoms with Gasteiger partial charge in [-0.15, -0.1) is 0 Å². The summed E-state index contributed by atoms with van der Waals surface area (Å²) in [5, 5.41) is 2.88. The minimum atomic E-state index is -0.701. The van der Waals surface area contributed by atoms with Crippen molar-refractivity contribution in [1.82, 2.24) is 0 Å². The van der Waals surface area contributed by atoms with Crippen LogP contribution in [0.5, 0.6) is 0 Å². The lowest BCUT2D eigenvalue weighted by atomic mass is 9.80. The van der Waals surface area contributed by atoms with Crippen molar-refractivity contribution in [3.05, 3.63) is 88.5 Å². The Morgan fingerprint density at radius 3 is 2.34 bits per heavy atom. The molecule has 1 aliphatic rings. The molecule has 6 heteroatoms. The van der Waals surface area contributed by atoms with Crippen LogP contribution in [0.4, 0.5) is 5.69 Å². The number of amides is 1. The number of esters is 1. The number of carbonyl (C=O) groups excluding carboxylic acids is 2. The molecule has 2 aromatic rings. The second kappa shape index (κ2) is 8.65. The predicted molar refractivity (Wildman–Crippen MR) is 111 cm³/mol. The molecule has 3 rings (SSSR count). The molecule has 2 aromatic carbocycles. The van der Waals surface area contributed by atoms with E-state index in [-0.39, 0.29) is 24.0 Å². The fraction of sp³-hybridized carbons (Fsp3) is 0.217. The summed E-state index contributed by atoms with van der Waals surface area (Å²) in [6.45, 7) is 5.49. The summed E-state index contributed by atoms with van der Waals surface area (Å²) >= 11 is 0. The van der Waals surface area contributed by atoms with E-state index in [1.54, 1.807) is 26.0 Å².